The number of hydrogen-bond acceptors (Lipinski definition) is 8. The second-order valence-corrected chi connectivity index (χ2v) is 9.30. The van der Waals surface area contributed by atoms with Gasteiger partial charge in [0, 0.05) is 56.8 Å². The van der Waals surface area contributed by atoms with Crippen molar-refractivity contribution < 1.29 is 27.8 Å². The van der Waals surface area contributed by atoms with E-state index in [1.165, 1.54) is 20.3 Å². The molecule has 3 aromatic rings. The quantitative estimate of drug-likeness (QED) is 0.484. The van der Waals surface area contributed by atoms with E-state index >= 15 is 0 Å². The van der Waals surface area contributed by atoms with E-state index in [1.54, 1.807) is 23.1 Å². The minimum absolute atomic E-state index is 0.107. The number of carbonyl (C=O) groups excluding carboxylic acids is 1. The maximum absolute atomic E-state index is 13.9. The first-order chi connectivity index (χ1) is 18.3. The number of ether oxygens (including phenoxy) is 3. The zero-order valence-electron chi connectivity index (χ0n) is 21.5. The maximum Gasteiger partial charge on any atom is 0.254 e. The zero-order valence-corrected chi connectivity index (χ0v) is 21.5. The van der Waals surface area contributed by atoms with E-state index in [0.29, 0.717) is 41.5 Å². The van der Waals surface area contributed by atoms with Gasteiger partial charge in [-0.3, -0.25) is 4.79 Å². The van der Waals surface area contributed by atoms with Crippen LogP contribution in [0.3, 0.4) is 0 Å². The highest BCUT2D eigenvalue weighted by atomic mass is 19.2. The van der Waals surface area contributed by atoms with Crippen molar-refractivity contribution in [1.29, 1.82) is 0 Å². The summed E-state index contributed by atoms with van der Waals surface area (Å²) in [5.74, 6) is -0.341. The fraction of sp³-hybridized carbons (Fsp3) is 0.370. The van der Waals surface area contributed by atoms with E-state index in [-0.39, 0.29) is 24.1 Å². The molecule has 0 bridgehead atoms. The summed E-state index contributed by atoms with van der Waals surface area (Å²) in [6.07, 6.45) is 0.486. The average Bonchev–Trinajstić information content (AvgIpc) is 2.94. The Morgan fingerprint density at radius 1 is 0.868 bits per heavy atom. The largest absolute Gasteiger partial charge is 0.497 e. The van der Waals surface area contributed by atoms with Crippen LogP contribution in [0.5, 0.6) is 23.1 Å². The monoisotopic (exact) mass is 525 g/mol. The standard InChI is InChI=1S/C27H29F2N5O4/c1-32-8-10-33(11-9-32)27-30-24-6-7-34(26(35)17-12-19(36-2)14-20(13-17)37-3)16-21(24)25(31-27)38-18-4-5-22(28)23(29)15-18/h4-5,12-15H,6-11,16H2,1-3H3. The topological polar surface area (TPSA) is 80.3 Å². The number of piperazine rings is 1. The summed E-state index contributed by atoms with van der Waals surface area (Å²) in [6, 6.07) is 8.35. The molecule has 0 N–H and O–H groups in total. The number of hydrogen-bond donors (Lipinski definition) is 0. The molecule has 0 saturated carbocycles. The summed E-state index contributed by atoms with van der Waals surface area (Å²) in [5.41, 5.74) is 1.81. The lowest BCUT2D eigenvalue weighted by Crippen LogP contribution is -2.45. The molecule has 1 aromatic heterocycles. The van der Waals surface area contributed by atoms with Crippen LogP contribution in [0, 0.1) is 11.6 Å². The normalized spacial score (nSPS) is 15.7. The zero-order chi connectivity index (χ0) is 26.8. The lowest BCUT2D eigenvalue weighted by molar-refractivity contribution is 0.0731. The van der Waals surface area contributed by atoms with Gasteiger partial charge < -0.3 is 28.9 Å². The number of anilines is 1. The van der Waals surface area contributed by atoms with Gasteiger partial charge in [-0.1, -0.05) is 0 Å². The lowest BCUT2D eigenvalue weighted by atomic mass is 10.0. The smallest absolute Gasteiger partial charge is 0.254 e. The maximum atomic E-state index is 13.9. The van der Waals surface area contributed by atoms with Crippen LogP contribution in [0.15, 0.2) is 36.4 Å². The first-order valence-electron chi connectivity index (χ1n) is 12.3. The molecule has 9 nitrogen and oxygen atoms in total. The van der Waals surface area contributed by atoms with Gasteiger partial charge in [-0.25, -0.2) is 13.8 Å². The van der Waals surface area contributed by atoms with Gasteiger partial charge >= 0.3 is 0 Å². The van der Waals surface area contributed by atoms with Crippen molar-refractivity contribution in [2.24, 2.45) is 0 Å². The number of rotatable bonds is 6. The molecule has 0 unspecified atom stereocenters. The van der Waals surface area contributed by atoms with Crippen LogP contribution in [0.2, 0.25) is 0 Å². The summed E-state index contributed by atoms with van der Waals surface area (Å²) < 4.78 is 44.1. The van der Waals surface area contributed by atoms with Crippen LogP contribution in [-0.4, -0.2) is 79.7 Å². The van der Waals surface area contributed by atoms with Crippen molar-refractivity contribution in [3.8, 4) is 23.1 Å². The van der Waals surface area contributed by atoms with Gasteiger partial charge in [0.25, 0.3) is 5.91 Å². The summed E-state index contributed by atoms with van der Waals surface area (Å²) in [5, 5.41) is 0. The van der Waals surface area contributed by atoms with E-state index in [1.807, 2.05) is 0 Å². The highest BCUT2D eigenvalue weighted by Gasteiger charge is 2.29. The summed E-state index contributed by atoms with van der Waals surface area (Å²) in [4.78, 5) is 29.0. The Kier molecular flexibility index (Phi) is 7.28. The molecule has 2 aromatic carbocycles. The third-order valence-corrected chi connectivity index (χ3v) is 6.79. The van der Waals surface area contributed by atoms with Crippen molar-refractivity contribution in [3.05, 3.63) is 64.9 Å². The molecule has 1 amide bonds. The van der Waals surface area contributed by atoms with Crippen LogP contribution in [0.1, 0.15) is 21.6 Å². The SMILES string of the molecule is COc1cc(OC)cc(C(=O)N2CCc3nc(N4CCN(C)CC4)nc(Oc4ccc(F)c(F)c4)c3C2)c1. The van der Waals surface area contributed by atoms with Crippen molar-refractivity contribution >= 4 is 11.9 Å². The summed E-state index contributed by atoms with van der Waals surface area (Å²) in [6.45, 7) is 3.87. The second-order valence-electron chi connectivity index (χ2n) is 9.30. The molecule has 1 saturated heterocycles. The summed E-state index contributed by atoms with van der Waals surface area (Å²) in [7, 11) is 5.11. The molecular formula is C27H29F2N5O4. The predicted molar refractivity (Wildman–Crippen MR) is 136 cm³/mol. The minimum atomic E-state index is -1.02. The fourth-order valence-electron chi connectivity index (χ4n) is 4.54. The van der Waals surface area contributed by atoms with Gasteiger partial charge in [0.1, 0.15) is 17.2 Å². The number of likely N-dealkylation sites (N-methyl/N-ethyl adjacent to an activating group) is 1. The second kappa shape index (κ2) is 10.8. The summed E-state index contributed by atoms with van der Waals surface area (Å²) >= 11 is 0. The van der Waals surface area contributed by atoms with E-state index in [0.717, 1.165) is 44.0 Å². The molecule has 38 heavy (non-hydrogen) atoms. The predicted octanol–water partition coefficient (Wildman–Crippen LogP) is 3.51. The molecular weight excluding hydrogens is 496 g/mol. The Balaban J connectivity index is 1.48. The number of amides is 1. The number of benzene rings is 2. The highest BCUT2D eigenvalue weighted by molar-refractivity contribution is 5.95. The molecule has 2 aliphatic heterocycles. The van der Waals surface area contributed by atoms with E-state index in [9.17, 15) is 13.6 Å². The van der Waals surface area contributed by atoms with Crippen molar-refractivity contribution in [2.75, 3.05) is 58.9 Å². The Labute approximate surface area is 219 Å². The van der Waals surface area contributed by atoms with E-state index in [4.69, 9.17) is 19.2 Å². The Morgan fingerprint density at radius 3 is 2.24 bits per heavy atom. The molecule has 0 radical (unpaired) electrons. The molecule has 200 valence electrons. The van der Waals surface area contributed by atoms with Gasteiger partial charge in [-0.05, 0) is 31.3 Å². The molecule has 11 heteroatoms. The van der Waals surface area contributed by atoms with Crippen LogP contribution in [0.4, 0.5) is 14.7 Å². The van der Waals surface area contributed by atoms with E-state index < -0.39 is 11.6 Å². The van der Waals surface area contributed by atoms with Crippen molar-refractivity contribution in [2.45, 2.75) is 13.0 Å². The number of methoxy groups -OCH3 is 2. The molecule has 2 aliphatic rings. The Hall–Kier alpha value is -3.99. The number of aromatic nitrogens is 2. The molecule has 3 heterocycles. The Bertz CT molecular complexity index is 1330. The van der Waals surface area contributed by atoms with Crippen LogP contribution >= 0.6 is 0 Å². The first-order valence-corrected chi connectivity index (χ1v) is 12.3. The third kappa shape index (κ3) is 5.33. The van der Waals surface area contributed by atoms with Gasteiger partial charge in [-0.15, -0.1) is 0 Å². The van der Waals surface area contributed by atoms with Gasteiger partial charge in [0.2, 0.25) is 11.8 Å². The molecule has 0 aliphatic carbocycles. The van der Waals surface area contributed by atoms with Crippen molar-refractivity contribution in [1.82, 2.24) is 19.8 Å². The fourth-order valence-corrected chi connectivity index (χ4v) is 4.54. The van der Waals surface area contributed by atoms with Gasteiger partial charge in [0.15, 0.2) is 11.6 Å². The van der Waals surface area contributed by atoms with Crippen LogP contribution < -0.4 is 19.1 Å². The van der Waals surface area contributed by atoms with Gasteiger partial charge in [0.05, 0.1) is 32.0 Å². The Morgan fingerprint density at radius 2 is 1.58 bits per heavy atom. The van der Waals surface area contributed by atoms with Crippen molar-refractivity contribution in [3.63, 3.8) is 0 Å². The number of fused-ring (bicyclic) bond motifs is 1. The third-order valence-electron chi connectivity index (χ3n) is 6.79. The number of nitrogens with zero attached hydrogens (tertiary/aromatic N) is 5. The lowest BCUT2D eigenvalue weighted by Gasteiger charge is -2.34. The first kappa shape index (κ1) is 25.7. The molecule has 0 atom stereocenters. The molecule has 0 spiro atoms. The highest BCUT2D eigenvalue weighted by Crippen LogP contribution is 2.33. The minimum Gasteiger partial charge on any atom is -0.497 e. The number of carbonyl (C=O) groups is 1. The van der Waals surface area contributed by atoms with Crippen LogP contribution in [-0.2, 0) is 13.0 Å². The molecule has 5 rings (SSSR count). The van der Waals surface area contributed by atoms with Crippen LogP contribution in [0.25, 0.3) is 0 Å². The van der Waals surface area contributed by atoms with Gasteiger partial charge in [-0.2, -0.15) is 4.98 Å². The average molecular weight is 526 g/mol. The molecule has 1 fully saturated rings. The van der Waals surface area contributed by atoms with E-state index in [2.05, 4.69) is 21.8 Å². The number of halogens is 2.